The highest BCUT2D eigenvalue weighted by Crippen LogP contribution is 2.30. The Morgan fingerprint density at radius 3 is 2.29 bits per heavy atom. The number of rotatable bonds is 5. The molecule has 1 N–H and O–H groups in total. The molecule has 1 saturated carbocycles. The fraction of sp³-hybridized carbons (Fsp3) is 0.588. The van der Waals surface area contributed by atoms with Gasteiger partial charge in [0.1, 0.15) is 0 Å². The Bertz CT molecular complexity index is 496. The molecule has 2 aliphatic rings. The summed E-state index contributed by atoms with van der Waals surface area (Å²) in [4.78, 5) is 4.90. The lowest BCUT2D eigenvalue weighted by molar-refractivity contribution is 0.0710. The van der Waals surface area contributed by atoms with E-state index in [9.17, 15) is 5.11 Å². The van der Waals surface area contributed by atoms with Crippen LogP contribution < -0.4 is 0 Å². The molecule has 0 bridgehead atoms. The van der Waals surface area contributed by atoms with Gasteiger partial charge in [-0.1, -0.05) is 12.1 Å². The summed E-state index contributed by atoms with van der Waals surface area (Å²) in [6.45, 7) is 6.28. The second-order valence-corrected chi connectivity index (χ2v) is 6.29. The summed E-state index contributed by atoms with van der Waals surface area (Å²) in [6.07, 6.45) is 2.36. The van der Waals surface area contributed by atoms with E-state index in [0.29, 0.717) is 12.1 Å². The molecule has 21 heavy (non-hydrogen) atoms. The van der Waals surface area contributed by atoms with Crippen molar-refractivity contribution in [3.05, 3.63) is 35.4 Å². The number of aliphatic hydroxyl groups is 1. The van der Waals surface area contributed by atoms with E-state index in [0.717, 1.165) is 37.7 Å². The smallest absolute Gasteiger partial charge is 0.0991 e. The van der Waals surface area contributed by atoms with Crippen LogP contribution in [0.5, 0.6) is 0 Å². The van der Waals surface area contributed by atoms with Crippen molar-refractivity contribution in [2.45, 2.75) is 18.9 Å². The Kier molecular flexibility index (Phi) is 4.54. The first-order valence-corrected chi connectivity index (χ1v) is 7.87. The van der Waals surface area contributed by atoms with Gasteiger partial charge in [0.15, 0.2) is 0 Å². The topological polar surface area (TPSA) is 50.5 Å². The van der Waals surface area contributed by atoms with E-state index in [1.54, 1.807) is 12.1 Å². The zero-order chi connectivity index (χ0) is 14.7. The second-order valence-electron chi connectivity index (χ2n) is 6.29. The van der Waals surface area contributed by atoms with Crippen LogP contribution in [0.25, 0.3) is 0 Å². The normalized spacial score (nSPS) is 21.9. The highest BCUT2D eigenvalue weighted by molar-refractivity contribution is 5.32. The zero-order valence-corrected chi connectivity index (χ0v) is 12.4. The number of hydrogen-bond donors (Lipinski definition) is 1. The van der Waals surface area contributed by atoms with Gasteiger partial charge in [-0.3, -0.25) is 4.90 Å². The van der Waals surface area contributed by atoms with Crippen molar-refractivity contribution in [3.63, 3.8) is 0 Å². The Balaban J connectivity index is 1.46. The van der Waals surface area contributed by atoms with Gasteiger partial charge < -0.3 is 10.0 Å². The van der Waals surface area contributed by atoms with Crippen molar-refractivity contribution < 1.29 is 5.11 Å². The summed E-state index contributed by atoms with van der Waals surface area (Å²) in [5.41, 5.74) is 1.54. The lowest BCUT2D eigenvalue weighted by Gasteiger charge is -2.35. The van der Waals surface area contributed by atoms with E-state index in [1.165, 1.54) is 19.4 Å². The minimum atomic E-state index is -0.465. The quantitative estimate of drug-likeness (QED) is 0.893. The number of hydrogen-bond acceptors (Lipinski definition) is 4. The molecule has 0 amide bonds. The third-order valence-electron chi connectivity index (χ3n) is 4.53. The van der Waals surface area contributed by atoms with Crippen molar-refractivity contribution >= 4 is 0 Å². The third-order valence-corrected chi connectivity index (χ3v) is 4.53. The molecule has 0 aromatic heterocycles. The van der Waals surface area contributed by atoms with E-state index in [2.05, 4.69) is 15.9 Å². The number of aliphatic hydroxyl groups excluding tert-OH is 1. The Labute approximate surface area is 126 Å². The number of β-amino-alcohol motifs (C(OH)–C–C–N with tert-alkyl or cyclic N) is 1. The molecule has 1 aromatic rings. The molecule has 2 fully saturated rings. The van der Waals surface area contributed by atoms with Crippen LogP contribution in [0.2, 0.25) is 0 Å². The first-order chi connectivity index (χ1) is 10.2. The molecule has 3 rings (SSSR count). The van der Waals surface area contributed by atoms with Crippen LogP contribution >= 0.6 is 0 Å². The molecule has 4 heteroatoms. The summed E-state index contributed by atoms with van der Waals surface area (Å²) in [6, 6.07) is 9.35. The summed E-state index contributed by atoms with van der Waals surface area (Å²) in [7, 11) is 0. The van der Waals surface area contributed by atoms with Gasteiger partial charge in [0, 0.05) is 39.3 Å². The average Bonchev–Trinajstić information content (AvgIpc) is 3.33. The first-order valence-electron chi connectivity index (χ1n) is 7.87. The van der Waals surface area contributed by atoms with E-state index >= 15 is 0 Å². The van der Waals surface area contributed by atoms with E-state index in [4.69, 9.17) is 5.26 Å². The summed E-state index contributed by atoms with van der Waals surface area (Å²) in [5, 5.41) is 19.1. The van der Waals surface area contributed by atoms with Gasteiger partial charge in [0.05, 0.1) is 17.7 Å². The maximum Gasteiger partial charge on any atom is 0.0991 e. The summed E-state index contributed by atoms with van der Waals surface area (Å²) < 4.78 is 0. The van der Waals surface area contributed by atoms with Crippen LogP contribution in [0, 0.1) is 17.2 Å². The maximum absolute atomic E-state index is 10.3. The minimum absolute atomic E-state index is 0.465. The third kappa shape index (κ3) is 4.04. The lowest BCUT2D eigenvalue weighted by Crippen LogP contribution is -2.47. The zero-order valence-electron chi connectivity index (χ0n) is 12.4. The molecule has 1 unspecified atom stereocenters. The minimum Gasteiger partial charge on any atom is -0.387 e. The number of nitriles is 1. The van der Waals surface area contributed by atoms with Crippen LogP contribution in [-0.4, -0.2) is 54.2 Å². The SMILES string of the molecule is N#Cc1ccc(C(O)CN2CCN(CC3CC3)CC2)cc1. The Morgan fingerprint density at radius 2 is 1.71 bits per heavy atom. The van der Waals surface area contributed by atoms with Crippen molar-refractivity contribution in [3.8, 4) is 6.07 Å². The second kappa shape index (κ2) is 6.57. The van der Waals surface area contributed by atoms with E-state index in [-0.39, 0.29) is 0 Å². The molecular formula is C17H23N3O. The van der Waals surface area contributed by atoms with E-state index < -0.39 is 6.10 Å². The highest BCUT2D eigenvalue weighted by Gasteiger charge is 2.26. The monoisotopic (exact) mass is 285 g/mol. The van der Waals surface area contributed by atoms with Gasteiger partial charge >= 0.3 is 0 Å². The molecule has 0 radical (unpaired) electrons. The van der Waals surface area contributed by atoms with Gasteiger partial charge in [-0.15, -0.1) is 0 Å². The largest absolute Gasteiger partial charge is 0.387 e. The molecule has 1 aliphatic heterocycles. The van der Waals surface area contributed by atoms with Gasteiger partial charge in [0.25, 0.3) is 0 Å². The molecule has 0 spiro atoms. The molecule has 1 aromatic carbocycles. The predicted octanol–water partition coefficient (Wildman–Crippen LogP) is 1.62. The van der Waals surface area contributed by atoms with Crippen LogP contribution in [0.15, 0.2) is 24.3 Å². The number of benzene rings is 1. The van der Waals surface area contributed by atoms with Gasteiger partial charge in [-0.25, -0.2) is 0 Å². The van der Waals surface area contributed by atoms with Crippen molar-refractivity contribution in [1.82, 2.24) is 9.80 Å². The van der Waals surface area contributed by atoms with Crippen molar-refractivity contribution in [1.29, 1.82) is 5.26 Å². The van der Waals surface area contributed by atoms with Crippen molar-refractivity contribution in [2.24, 2.45) is 5.92 Å². The maximum atomic E-state index is 10.3. The van der Waals surface area contributed by atoms with Gasteiger partial charge in [-0.2, -0.15) is 5.26 Å². The van der Waals surface area contributed by atoms with Gasteiger partial charge in [-0.05, 0) is 36.5 Å². The lowest BCUT2D eigenvalue weighted by atomic mass is 10.1. The number of piperazine rings is 1. The van der Waals surface area contributed by atoms with Crippen LogP contribution in [0.4, 0.5) is 0 Å². The fourth-order valence-electron chi connectivity index (χ4n) is 2.95. The summed E-state index contributed by atoms with van der Waals surface area (Å²) >= 11 is 0. The standard InChI is InChI=1S/C17H23N3O/c18-11-14-3-5-16(6-4-14)17(21)13-20-9-7-19(8-10-20)12-15-1-2-15/h3-6,15,17,21H,1-2,7-10,12-13H2. The van der Waals surface area contributed by atoms with E-state index in [1.807, 2.05) is 12.1 Å². The predicted molar refractivity (Wildman–Crippen MR) is 81.7 cm³/mol. The Morgan fingerprint density at radius 1 is 1.10 bits per heavy atom. The summed E-state index contributed by atoms with van der Waals surface area (Å²) in [5.74, 6) is 0.959. The molecule has 112 valence electrons. The van der Waals surface area contributed by atoms with Crippen LogP contribution in [0.3, 0.4) is 0 Å². The highest BCUT2D eigenvalue weighted by atomic mass is 16.3. The molecular weight excluding hydrogens is 262 g/mol. The van der Waals surface area contributed by atoms with Crippen LogP contribution in [0.1, 0.15) is 30.1 Å². The molecule has 1 atom stereocenters. The first kappa shape index (κ1) is 14.5. The molecule has 4 nitrogen and oxygen atoms in total. The fourth-order valence-corrected chi connectivity index (χ4v) is 2.95. The van der Waals surface area contributed by atoms with Crippen LogP contribution in [-0.2, 0) is 0 Å². The molecule has 1 saturated heterocycles. The molecule has 1 aliphatic carbocycles. The Hall–Kier alpha value is -1.41. The number of nitrogens with zero attached hydrogens (tertiary/aromatic N) is 3. The molecule has 1 heterocycles. The van der Waals surface area contributed by atoms with Crippen molar-refractivity contribution in [2.75, 3.05) is 39.3 Å². The van der Waals surface area contributed by atoms with Gasteiger partial charge in [0.2, 0.25) is 0 Å². The average molecular weight is 285 g/mol.